The number of hydrogen-bond donors (Lipinski definition) is 1. The van der Waals surface area contributed by atoms with Crippen LogP contribution < -0.4 is 20.3 Å². The first-order valence-electron chi connectivity index (χ1n) is 9.74. The molecule has 0 aliphatic rings. The van der Waals surface area contributed by atoms with E-state index in [0.29, 0.717) is 44.6 Å². The molecule has 0 aliphatic heterocycles. The van der Waals surface area contributed by atoms with Crippen LogP contribution in [0.15, 0.2) is 65.5 Å². The zero-order valence-electron chi connectivity index (χ0n) is 17.7. The van der Waals surface area contributed by atoms with Gasteiger partial charge in [0, 0.05) is 11.1 Å². The number of aryl methyl sites for hydroxylation is 1. The van der Waals surface area contributed by atoms with Crippen LogP contribution in [-0.4, -0.2) is 29.7 Å². The quantitative estimate of drug-likeness (QED) is 0.481. The number of fused-ring (bicyclic) bond motifs is 1. The summed E-state index contributed by atoms with van der Waals surface area (Å²) in [6, 6.07) is 17.0. The Bertz CT molecular complexity index is 1400. The van der Waals surface area contributed by atoms with Gasteiger partial charge in [-0.25, -0.2) is 4.98 Å². The summed E-state index contributed by atoms with van der Waals surface area (Å²) in [5.41, 5.74) is 1.74. The third-order valence-corrected chi connectivity index (χ3v) is 5.28. The largest absolute Gasteiger partial charge is 0.496 e. The summed E-state index contributed by atoms with van der Waals surface area (Å²) in [7, 11) is 2.97. The molecule has 0 atom stereocenters. The van der Waals surface area contributed by atoms with E-state index in [-0.39, 0.29) is 11.1 Å². The number of benzene rings is 3. The van der Waals surface area contributed by atoms with Crippen LogP contribution in [0.4, 0.5) is 5.69 Å². The fourth-order valence-corrected chi connectivity index (χ4v) is 3.69. The fourth-order valence-electron chi connectivity index (χ4n) is 3.52. The highest BCUT2D eigenvalue weighted by molar-refractivity contribution is 6.31. The topological polar surface area (TPSA) is 82.5 Å². The van der Waals surface area contributed by atoms with Crippen molar-refractivity contribution in [2.24, 2.45) is 0 Å². The maximum absolute atomic E-state index is 13.1. The van der Waals surface area contributed by atoms with Gasteiger partial charge in [-0.05, 0) is 49.4 Å². The number of rotatable bonds is 5. The first-order chi connectivity index (χ1) is 15.4. The van der Waals surface area contributed by atoms with Gasteiger partial charge in [0.25, 0.3) is 11.5 Å². The van der Waals surface area contributed by atoms with E-state index in [9.17, 15) is 9.59 Å². The van der Waals surface area contributed by atoms with Gasteiger partial charge in [-0.15, -0.1) is 0 Å². The maximum atomic E-state index is 13.1. The number of nitrogens with zero attached hydrogens (tertiary/aromatic N) is 2. The monoisotopic (exact) mass is 449 g/mol. The second-order valence-electron chi connectivity index (χ2n) is 7.00. The van der Waals surface area contributed by atoms with E-state index in [1.807, 2.05) is 6.07 Å². The minimum Gasteiger partial charge on any atom is -0.496 e. The van der Waals surface area contributed by atoms with Crippen molar-refractivity contribution in [3.63, 3.8) is 0 Å². The van der Waals surface area contributed by atoms with Gasteiger partial charge in [-0.1, -0.05) is 23.7 Å². The lowest BCUT2D eigenvalue weighted by Crippen LogP contribution is -2.22. The molecule has 0 unspecified atom stereocenters. The van der Waals surface area contributed by atoms with Crippen molar-refractivity contribution in [3.8, 4) is 17.2 Å². The Balaban J connectivity index is 1.74. The van der Waals surface area contributed by atoms with E-state index in [1.54, 1.807) is 55.5 Å². The zero-order chi connectivity index (χ0) is 22.8. The molecule has 1 heterocycles. The minimum atomic E-state index is -0.406. The SMILES string of the molecule is COc1cc(-n2c(C)nc3ccccc3c2=O)ccc1NC(=O)c1cc(Cl)ccc1OC. The highest BCUT2D eigenvalue weighted by atomic mass is 35.5. The molecule has 8 heteroatoms. The second-order valence-corrected chi connectivity index (χ2v) is 7.44. The molecular formula is C24H20ClN3O4. The van der Waals surface area contributed by atoms with Crippen LogP contribution in [0.2, 0.25) is 5.02 Å². The van der Waals surface area contributed by atoms with Crippen molar-refractivity contribution in [2.45, 2.75) is 6.92 Å². The van der Waals surface area contributed by atoms with Crippen molar-refractivity contribution in [3.05, 3.63) is 87.4 Å². The Morgan fingerprint density at radius 1 is 1.00 bits per heavy atom. The molecule has 1 amide bonds. The lowest BCUT2D eigenvalue weighted by atomic mass is 10.1. The van der Waals surface area contributed by atoms with Crippen molar-refractivity contribution < 1.29 is 14.3 Å². The Morgan fingerprint density at radius 2 is 1.75 bits per heavy atom. The van der Waals surface area contributed by atoms with E-state index in [2.05, 4.69) is 10.3 Å². The molecule has 32 heavy (non-hydrogen) atoms. The van der Waals surface area contributed by atoms with Crippen LogP contribution in [0.5, 0.6) is 11.5 Å². The van der Waals surface area contributed by atoms with Gasteiger partial charge < -0.3 is 14.8 Å². The number of amides is 1. The van der Waals surface area contributed by atoms with E-state index < -0.39 is 5.91 Å². The van der Waals surface area contributed by atoms with E-state index in [4.69, 9.17) is 21.1 Å². The van der Waals surface area contributed by atoms with Crippen LogP contribution in [0.3, 0.4) is 0 Å². The standard InChI is InChI=1S/C24H20ClN3O4/c1-14-26-19-7-5-4-6-17(19)24(30)28(14)16-9-10-20(22(13-16)32-3)27-23(29)18-12-15(25)8-11-21(18)31-2/h4-13H,1-3H3,(H,27,29). The second kappa shape index (κ2) is 8.72. The van der Waals surface area contributed by atoms with Gasteiger partial charge >= 0.3 is 0 Å². The van der Waals surface area contributed by atoms with Gasteiger partial charge in [0.1, 0.15) is 17.3 Å². The van der Waals surface area contributed by atoms with Crippen molar-refractivity contribution in [1.29, 1.82) is 0 Å². The van der Waals surface area contributed by atoms with E-state index >= 15 is 0 Å². The normalized spacial score (nSPS) is 10.8. The van der Waals surface area contributed by atoms with Crippen molar-refractivity contribution in [1.82, 2.24) is 9.55 Å². The number of methoxy groups -OCH3 is 2. The number of anilines is 1. The molecule has 7 nitrogen and oxygen atoms in total. The number of nitrogens with one attached hydrogen (secondary N) is 1. The van der Waals surface area contributed by atoms with Gasteiger partial charge in [0.05, 0.1) is 42.1 Å². The lowest BCUT2D eigenvalue weighted by molar-refractivity contribution is 0.102. The number of carbonyl (C=O) groups is 1. The van der Waals surface area contributed by atoms with Crippen molar-refractivity contribution in [2.75, 3.05) is 19.5 Å². The Labute approximate surface area is 189 Å². The molecular weight excluding hydrogens is 430 g/mol. The lowest BCUT2D eigenvalue weighted by Gasteiger charge is -2.15. The van der Waals surface area contributed by atoms with Crippen LogP contribution >= 0.6 is 11.6 Å². The summed E-state index contributed by atoms with van der Waals surface area (Å²) in [6.45, 7) is 1.77. The molecule has 0 saturated heterocycles. The maximum Gasteiger partial charge on any atom is 0.265 e. The number of ether oxygens (including phenoxy) is 2. The highest BCUT2D eigenvalue weighted by Crippen LogP contribution is 2.30. The third kappa shape index (κ3) is 3.90. The van der Waals surface area contributed by atoms with Gasteiger partial charge in [0.15, 0.2) is 0 Å². The predicted octanol–water partition coefficient (Wildman–Crippen LogP) is 4.62. The summed E-state index contributed by atoms with van der Waals surface area (Å²) in [5, 5.41) is 3.74. The number of carbonyl (C=O) groups excluding carboxylic acids is 1. The summed E-state index contributed by atoms with van der Waals surface area (Å²) >= 11 is 6.04. The minimum absolute atomic E-state index is 0.185. The van der Waals surface area contributed by atoms with Crippen LogP contribution in [0.1, 0.15) is 16.2 Å². The number of para-hydroxylation sites is 1. The Morgan fingerprint density at radius 3 is 2.50 bits per heavy atom. The average Bonchev–Trinajstić information content (AvgIpc) is 2.79. The molecule has 3 aromatic carbocycles. The van der Waals surface area contributed by atoms with Gasteiger partial charge in [0.2, 0.25) is 0 Å². The molecule has 0 bridgehead atoms. The zero-order valence-corrected chi connectivity index (χ0v) is 18.4. The van der Waals surface area contributed by atoms with E-state index in [1.165, 1.54) is 24.9 Å². The Kier molecular flexibility index (Phi) is 5.83. The van der Waals surface area contributed by atoms with E-state index in [0.717, 1.165) is 0 Å². The van der Waals surface area contributed by atoms with Crippen LogP contribution in [0.25, 0.3) is 16.6 Å². The first kappa shape index (κ1) is 21.4. The summed E-state index contributed by atoms with van der Waals surface area (Å²) in [5.74, 6) is 0.913. The molecule has 162 valence electrons. The molecule has 0 aliphatic carbocycles. The number of hydrogen-bond acceptors (Lipinski definition) is 5. The van der Waals surface area contributed by atoms with Gasteiger partial charge in [-0.3, -0.25) is 14.2 Å². The molecule has 4 rings (SSSR count). The average molecular weight is 450 g/mol. The molecule has 0 fully saturated rings. The summed E-state index contributed by atoms with van der Waals surface area (Å²) < 4.78 is 12.3. The number of aromatic nitrogens is 2. The van der Waals surface area contributed by atoms with Crippen LogP contribution in [0, 0.1) is 6.92 Å². The summed E-state index contributed by atoms with van der Waals surface area (Å²) in [4.78, 5) is 30.5. The highest BCUT2D eigenvalue weighted by Gasteiger charge is 2.17. The molecule has 0 radical (unpaired) electrons. The molecule has 4 aromatic rings. The fraction of sp³-hybridized carbons (Fsp3) is 0.125. The molecule has 1 aromatic heterocycles. The molecule has 1 N–H and O–H groups in total. The van der Waals surface area contributed by atoms with Crippen LogP contribution in [-0.2, 0) is 0 Å². The molecule has 0 spiro atoms. The third-order valence-electron chi connectivity index (χ3n) is 5.04. The van der Waals surface area contributed by atoms with Gasteiger partial charge in [-0.2, -0.15) is 0 Å². The summed E-state index contributed by atoms with van der Waals surface area (Å²) in [6.07, 6.45) is 0. The first-order valence-corrected chi connectivity index (χ1v) is 10.1. The predicted molar refractivity (Wildman–Crippen MR) is 125 cm³/mol. The Hall–Kier alpha value is -3.84. The smallest absolute Gasteiger partial charge is 0.265 e. The molecule has 0 saturated carbocycles. The number of halogens is 1. The van der Waals surface area contributed by atoms with Crippen molar-refractivity contribution >= 4 is 34.1 Å².